The van der Waals surface area contributed by atoms with Gasteiger partial charge in [-0.05, 0) is 32.4 Å². The molecule has 1 atom stereocenters. The van der Waals surface area contributed by atoms with Crippen molar-refractivity contribution >= 4 is 17.5 Å². The summed E-state index contributed by atoms with van der Waals surface area (Å²) in [5.74, 6) is -1.28. The lowest BCUT2D eigenvalue weighted by Gasteiger charge is -2.17. The molecule has 0 spiro atoms. The van der Waals surface area contributed by atoms with Gasteiger partial charge in [-0.15, -0.1) is 0 Å². The summed E-state index contributed by atoms with van der Waals surface area (Å²) in [5, 5.41) is 2.81. The zero-order chi connectivity index (χ0) is 16.8. The summed E-state index contributed by atoms with van der Waals surface area (Å²) in [7, 11) is 0. The van der Waals surface area contributed by atoms with E-state index in [1.165, 1.54) is 11.0 Å². The molecule has 1 fully saturated rings. The molecule has 1 heterocycles. The molecule has 0 saturated carbocycles. The lowest BCUT2D eigenvalue weighted by Crippen LogP contribution is -2.34. The van der Waals surface area contributed by atoms with Crippen molar-refractivity contribution in [1.82, 2.24) is 5.32 Å². The first-order valence-electron chi connectivity index (χ1n) is 7.93. The van der Waals surface area contributed by atoms with Gasteiger partial charge in [-0.25, -0.2) is 4.39 Å². The number of amides is 2. The molecule has 0 aromatic heterocycles. The molecule has 1 aromatic carbocycles. The van der Waals surface area contributed by atoms with Gasteiger partial charge in [0.05, 0.1) is 17.7 Å². The summed E-state index contributed by atoms with van der Waals surface area (Å²) in [5.41, 5.74) is 0.234. The summed E-state index contributed by atoms with van der Waals surface area (Å²) < 4.78 is 19.2. The molecule has 1 aliphatic rings. The molecule has 0 unspecified atom stereocenters. The van der Waals surface area contributed by atoms with E-state index < -0.39 is 11.7 Å². The Morgan fingerprint density at radius 1 is 1.43 bits per heavy atom. The number of anilines is 1. The quantitative estimate of drug-likeness (QED) is 0.782. The number of benzene rings is 1. The van der Waals surface area contributed by atoms with Crippen molar-refractivity contribution in [2.75, 3.05) is 24.6 Å². The smallest absolute Gasteiger partial charge is 0.227 e. The Morgan fingerprint density at radius 3 is 2.87 bits per heavy atom. The highest BCUT2D eigenvalue weighted by Gasteiger charge is 2.35. The van der Waals surface area contributed by atoms with Gasteiger partial charge in [0.1, 0.15) is 5.82 Å². The van der Waals surface area contributed by atoms with Crippen LogP contribution in [0, 0.1) is 11.7 Å². The lowest BCUT2D eigenvalue weighted by atomic mass is 10.1. The molecule has 23 heavy (non-hydrogen) atoms. The molecule has 0 aliphatic carbocycles. The van der Waals surface area contributed by atoms with Crippen LogP contribution >= 0.6 is 0 Å². The third-order valence-electron chi connectivity index (χ3n) is 3.71. The molecule has 0 bridgehead atoms. The normalized spacial score (nSPS) is 17.8. The van der Waals surface area contributed by atoms with E-state index in [0.717, 1.165) is 6.42 Å². The molecular weight excluding hydrogens is 299 g/mol. The van der Waals surface area contributed by atoms with Crippen molar-refractivity contribution in [3.8, 4) is 0 Å². The first kappa shape index (κ1) is 17.4. The summed E-state index contributed by atoms with van der Waals surface area (Å²) in [6.07, 6.45) is 1.01. The number of rotatable bonds is 7. The third-order valence-corrected chi connectivity index (χ3v) is 3.71. The van der Waals surface area contributed by atoms with Gasteiger partial charge in [-0.3, -0.25) is 9.59 Å². The van der Waals surface area contributed by atoms with Crippen LogP contribution in [0.4, 0.5) is 10.1 Å². The molecule has 1 saturated heterocycles. The number of para-hydroxylation sites is 1. The van der Waals surface area contributed by atoms with Crippen molar-refractivity contribution in [1.29, 1.82) is 0 Å². The summed E-state index contributed by atoms with van der Waals surface area (Å²) in [6, 6.07) is 6.11. The largest absolute Gasteiger partial charge is 0.379 e. The molecule has 0 radical (unpaired) electrons. The van der Waals surface area contributed by atoms with E-state index in [4.69, 9.17) is 4.74 Å². The fourth-order valence-corrected chi connectivity index (χ4v) is 2.53. The van der Waals surface area contributed by atoms with Gasteiger partial charge in [0, 0.05) is 26.1 Å². The molecule has 2 rings (SSSR count). The minimum atomic E-state index is -0.451. The van der Waals surface area contributed by atoms with E-state index in [9.17, 15) is 14.0 Å². The van der Waals surface area contributed by atoms with Crippen LogP contribution in [-0.2, 0) is 14.3 Å². The fourth-order valence-electron chi connectivity index (χ4n) is 2.53. The SMILES string of the molecule is CC(C)OCCCNC(=O)[C@@H]1CC(=O)N(c2ccccc2F)C1. The van der Waals surface area contributed by atoms with Gasteiger partial charge in [0.2, 0.25) is 11.8 Å². The average Bonchev–Trinajstić information content (AvgIpc) is 2.89. The highest BCUT2D eigenvalue weighted by Crippen LogP contribution is 2.27. The Bertz CT molecular complexity index is 563. The van der Waals surface area contributed by atoms with Crippen molar-refractivity contribution in [2.24, 2.45) is 5.92 Å². The Labute approximate surface area is 135 Å². The Balaban J connectivity index is 1.82. The molecule has 1 aliphatic heterocycles. The van der Waals surface area contributed by atoms with E-state index >= 15 is 0 Å². The average molecular weight is 322 g/mol. The monoisotopic (exact) mass is 322 g/mol. The molecule has 1 aromatic rings. The maximum absolute atomic E-state index is 13.8. The number of carbonyl (C=O) groups is 2. The molecule has 126 valence electrons. The van der Waals surface area contributed by atoms with Crippen LogP contribution in [0.15, 0.2) is 24.3 Å². The van der Waals surface area contributed by atoms with Crippen LogP contribution in [0.3, 0.4) is 0 Å². The van der Waals surface area contributed by atoms with Crippen LogP contribution in [0.5, 0.6) is 0 Å². The van der Waals surface area contributed by atoms with Crippen molar-refractivity contribution in [2.45, 2.75) is 32.8 Å². The number of hydrogen-bond acceptors (Lipinski definition) is 3. The number of nitrogens with one attached hydrogen (secondary N) is 1. The van der Waals surface area contributed by atoms with Crippen LogP contribution in [0.25, 0.3) is 0 Å². The molecule has 2 amide bonds. The Morgan fingerprint density at radius 2 is 2.17 bits per heavy atom. The second-order valence-corrected chi connectivity index (χ2v) is 5.92. The number of carbonyl (C=O) groups excluding carboxylic acids is 2. The second kappa shape index (κ2) is 8.06. The van der Waals surface area contributed by atoms with Gasteiger partial charge in [-0.2, -0.15) is 0 Å². The second-order valence-electron chi connectivity index (χ2n) is 5.92. The van der Waals surface area contributed by atoms with E-state index in [1.807, 2.05) is 13.8 Å². The van der Waals surface area contributed by atoms with Crippen LogP contribution in [0.2, 0.25) is 0 Å². The highest BCUT2D eigenvalue weighted by molar-refractivity contribution is 6.00. The minimum Gasteiger partial charge on any atom is -0.379 e. The van der Waals surface area contributed by atoms with Crippen LogP contribution in [-0.4, -0.2) is 37.6 Å². The maximum atomic E-state index is 13.8. The van der Waals surface area contributed by atoms with Crippen molar-refractivity contribution < 1.29 is 18.7 Å². The molecule has 5 nitrogen and oxygen atoms in total. The van der Waals surface area contributed by atoms with E-state index in [1.54, 1.807) is 18.2 Å². The Kier molecular flexibility index (Phi) is 6.10. The molecular formula is C17H23FN2O3. The third kappa shape index (κ3) is 4.76. The molecule has 1 N–H and O–H groups in total. The van der Waals surface area contributed by atoms with E-state index in [0.29, 0.717) is 13.2 Å². The predicted octanol–water partition coefficient (Wildman–Crippen LogP) is 2.11. The van der Waals surface area contributed by atoms with Crippen molar-refractivity contribution in [3.63, 3.8) is 0 Å². The number of hydrogen-bond donors (Lipinski definition) is 1. The predicted molar refractivity (Wildman–Crippen MR) is 85.6 cm³/mol. The standard InChI is InChI=1S/C17H23FN2O3/c1-12(2)23-9-5-8-19-17(22)13-10-16(21)20(11-13)15-7-4-3-6-14(15)18/h3-4,6-7,12-13H,5,8-11H2,1-2H3,(H,19,22)/t13-/m1/s1. The first-order chi connectivity index (χ1) is 11.0. The number of halogens is 1. The van der Waals surface area contributed by atoms with Crippen molar-refractivity contribution in [3.05, 3.63) is 30.1 Å². The van der Waals surface area contributed by atoms with Gasteiger partial charge in [0.15, 0.2) is 0 Å². The summed E-state index contributed by atoms with van der Waals surface area (Å²) >= 11 is 0. The van der Waals surface area contributed by atoms with Gasteiger partial charge < -0.3 is 15.0 Å². The zero-order valence-corrected chi connectivity index (χ0v) is 13.5. The highest BCUT2D eigenvalue weighted by atomic mass is 19.1. The van der Waals surface area contributed by atoms with E-state index in [-0.39, 0.29) is 36.6 Å². The van der Waals surface area contributed by atoms with Gasteiger partial charge in [0.25, 0.3) is 0 Å². The number of ether oxygens (including phenoxy) is 1. The minimum absolute atomic E-state index is 0.114. The zero-order valence-electron chi connectivity index (χ0n) is 13.5. The van der Waals surface area contributed by atoms with Crippen LogP contribution in [0.1, 0.15) is 26.7 Å². The maximum Gasteiger partial charge on any atom is 0.227 e. The number of nitrogens with zero attached hydrogens (tertiary/aromatic N) is 1. The van der Waals surface area contributed by atoms with Gasteiger partial charge >= 0.3 is 0 Å². The van der Waals surface area contributed by atoms with Crippen LogP contribution < -0.4 is 10.2 Å². The Hall–Kier alpha value is -1.95. The summed E-state index contributed by atoms with van der Waals surface area (Å²) in [4.78, 5) is 25.5. The molecule has 6 heteroatoms. The first-order valence-corrected chi connectivity index (χ1v) is 7.93. The summed E-state index contributed by atoms with van der Waals surface area (Å²) in [6.45, 7) is 5.23. The lowest BCUT2D eigenvalue weighted by molar-refractivity contribution is -0.126. The topological polar surface area (TPSA) is 58.6 Å². The van der Waals surface area contributed by atoms with Gasteiger partial charge in [-0.1, -0.05) is 12.1 Å². The fraction of sp³-hybridized carbons (Fsp3) is 0.529. The van der Waals surface area contributed by atoms with E-state index in [2.05, 4.69) is 5.32 Å².